The van der Waals surface area contributed by atoms with E-state index in [9.17, 15) is 9.59 Å². The van der Waals surface area contributed by atoms with Crippen LogP contribution in [0.25, 0.3) is 0 Å². The van der Waals surface area contributed by atoms with E-state index in [2.05, 4.69) is 30.7 Å². The van der Waals surface area contributed by atoms with Gasteiger partial charge in [0.05, 0.1) is 25.5 Å². The zero-order chi connectivity index (χ0) is 22.1. The molecule has 0 saturated heterocycles. The van der Waals surface area contributed by atoms with Crippen LogP contribution in [0.4, 0.5) is 10.5 Å². The molecule has 3 N–H and O–H groups in total. The molecule has 2 rings (SSSR count). The molecule has 11 heteroatoms. The van der Waals surface area contributed by atoms with Crippen molar-refractivity contribution in [2.45, 2.75) is 33.4 Å². The third kappa shape index (κ3) is 7.98. The number of carbonyl (C=O) groups is 2. The fraction of sp³-hybridized carbons (Fsp3) is 0.400. The van der Waals surface area contributed by atoms with E-state index in [-0.39, 0.29) is 36.0 Å². The van der Waals surface area contributed by atoms with E-state index >= 15 is 0 Å². The summed E-state index contributed by atoms with van der Waals surface area (Å²) in [6, 6.07) is 7.23. The predicted octanol–water partition coefficient (Wildman–Crippen LogP) is 3.85. The summed E-state index contributed by atoms with van der Waals surface area (Å²) >= 11 is 1.32. The Kier molecular flexibility index (Phi) is 11.3. The average molecular weight is 561 g/mol. The number of ether oxygens (including phenoxy) is 2. The van der Waals surface area contributed by atoms with Gasteiger partial charge in [-0.25, -0.2) is 14.6 Å². The van der Waals surface area contributed by atoms with Crippen molar-refractivity contribution in [1.29, 1.82) is 0 Å². The molecule has 0 radical (unpaired) electrons. The van der Waals surface area contributed by atoms with Crippen LogP contribution in [0.5, 0.6) is 0 Å². The molecule has 31 heavy (non-hydrogen) atoms. The zero-order valence-electron chi connectivity index (χ0n) is 18.1. The van der Waals surface area contributed by atoms with Crippen molar-refractivity contribution < 1.29 is 19.1 Å². The lowest BCUT2D eigenvalue weighted by Crippen LogP contribution is -2.38. The van der Waals surface area contributed by atoms with E-state index in [1.54, 1.807) is 33.0 Å². The Morgan fingerprint density at radius 1 is 1.26 bits per heavy atom. The second-order valence-electron chi connectivity index (χ2n) is 6.29. The Balaban J connectivity index is 0.00000480. The van der Waals surface area contributed by atoms with Crippen LogP contribution in [-0.2, 0) is 16.0 Å². The highest BCUT2D eigenvalue weighted by Crippen LogP contribution is 2.24. The first-order valence-corrected chi connectivity index (χ1v) is 10.2. The molecule has 1 atom stereocenters. The van der Waals surface area contributed by atoms with Gasteiger partial charge in [-0.05, 0) is 38.5 Å². The zero-order valence-corrected chi connectivity index (χ0v) is 21.3. The number of guanidine groups is 1. The lowest BCUT2D eigenvalue weighted by atomic mass is 10.2. The van der Waals surface area contributed by atoms with Gasteiger partial charge >= 0.3 is 12.1 Å². The van der Waals surface area contributed by atoms with Crippen molar-refractivity contribution in [3.63, 3.8) is 0 Å². The van der Waals surface area contributed by atoms with Crippen molar-refractivity contribution >= 4 is 59.0 Å². The summed E-state index contributed by atoms with van der Waals surface area (Å²) < 4.78 is 9.64. The van der Waals surface area contributed by atoms with Crippen molar-refractivity contribution in [2.24, 2.45) is 4.99 Å². The first kappa shape index (κ1) is 26.6. The topological polar surface area (TPSA) is 114 Å². The molecule has 0 bridgehead atoms. The first-order valence-electron chi connectivity index (χ1n) is 9.43. The normalized spacial score (nSPS) is 11.7. The molecular weight excluding hydrogens is 533 g/mol. The highest BCUT2D eigenvalue weighted by molar-refractivity contribution is 14.0. The maximum atomic E-state index is 12.0. The number of halogens is 1. The Morgan fingerprint density at radius 2 is 1.94 bits per heavy atom. The van der Waals surface area contributed by atoms with Crippen LogP contribution in [0.2, 0.25) is 0 Å². The highest BCUT2D eigenvalue weighted by Gasteiger charge is 2.20. The van der Waals surface area contributed by atoms with Gasteiger partial charge in [-0.1, -0.05) is 12.1 Å². The number of esters is 1. The summed E-state index contributed by atoms with van der Waals surface area (Å²) in [7, 11) is 3.00. The summed E-state index contributed by atoms with van der Waals surface area (Å²) in [5, 5.41) is 9.89. The number of hydrogen-bond acceptors (Lipinski definition) is 7. The number of nitrogens with one attached hydrogen (secondary N) is 3. The molecule has 1 aromatic carbocycles. The largest absolute Gasteiger partial charge is 0.462 e. The summed E-state index contributed by atoms with van der Waals surface area (Å²) in [4.78, 5) is 32.5. The van der Waals surface area contributed by atoms with Crippen LogP contribution in [0.3, 0.4) is 0 Å². The van der Waals surface area contributed by atoms with Crippen molar-refractivity contribution in [3.8, 4) is 0 Å². The average Bonchev–Trinajstić information content (AvgIpc) is 3.14. The maximum Gasteiger partial charge on any atom is 0.411 e. The molecule has 1 amide bonds. The molecule has 9 nitrogen and oxygen atoms in total. The fourth-order valence-electron chi connectivity index (χ4n) is 2.51. The number of aliphatic imine (C=N–C) groups is 1. The molecule has 1 heterocycles. The fourth-order valence-corrected chi connectivity index (χ4v) is 3.47. The van der Waals surface area contributed by atoms with Crippen LogP contribution in [0.15, 0.2) is 29.3 Å². The molecule has 2 aromatic rings. The number of hydrogen-bond donors (Lipinski definition) is 3. The van der Waals surface area contributed by atoms with Gasteiger partial charge < -0.3 is 20.1 Å². The molecule has 0 aliphatic heterocycles. The maximum absolute atomic E-state index is 12.0. The molecule has 170 valence electrons. The van der Waals surface area contributed by atoms with Crippen molar-refractivity contribution in [3.05, 3.63) is 45.4 Å². The van der Waals surface area contributed by atoms with Gasteiger partial charge in [-0.15, -0.1) is 35.3 Å². The number of thiazole rings is 1. The number of rotatable bonds is 7. The lowest BCUT2D eigenvalue weighted by Gasteiger charge is -2.16. The van der Waals surface area contributed by atoms with Gasteiger partial charge in [0, 0.05) is 19.3 Å². The van der Waals surface area contributed by atoms with E-state index in [4.69, 9.17) is 4.74 Å². The van der Waals surface area contributed by atoms with E-state index < -0.39 is 6.09 Å². The molecule has 0 fully saturated rings. The Labute approximate surface area is 203 Å². The van der Waals surface area contributed by atoms with Gasteiger partial charge in [-0.3, -0.25) is 10.3 Å². The monoisotopic (exact) mass is 561 g/mol. The number of anilines is 1. The summed E-state index contributed by atoms with van der Waals surface area (Å²) in [6.45, 7) is 6.39. The number of methoxy groups -OCH3 is 1. The minimum atomic E-state index is -0.511. The predicted molar refractivity (Wildman–Crippen MR) is 132 cm³/mol. The van der Waals surface area contributed by atoms with Crippen LogP contribution in [0.1, 0.15) is 45.8 Å². The second kappa shape index (κ2) is 13.1. The summed E-state index contributed by atoms with van der Waals surface area (Å²) in [5.74, 6) is 0.253. The van der Waals surface area contributed by atoms with Crippen LogP contribution in [-0.4, -0.2) is 43.8 Å². The third-order valence-electron chi connectivity index (χ3n) is 4.07. The molecule has 1 unspecified atom stereocenters. The second-order valence-corrected chi connectivity index (χ2v) is 7.32. The number of nitrogens with zero attached hydrogens (tertiary/aromatic N) is 2. The van der Waals surface area contributed by atoms with Gasteiger partial charge in [0.25, 0.3) is 0 Å². The first-order chi connectivity index (χ1) is 14.4. The Hall–Kier alpha value is -2.41. The molecule has 0 saturated carbocycles. The van der Waals surface area contributed by atoms with Crippen molar-refractivity contribution in [1.82, 2.24) is 15.6 Å². The Morgan fingerprint density at radius 3 is 2.52 bits per heavy atom. The van der Waals surface area contributed by atoms with E-state index in [0.29, 0.717) is 35.4 Å². The molecule has 0 spiro atoms. The van der Waals surface area contributed by atoms with Gasteiger partial charge in [-0.2, -0.15) is 0 Å². The third-order valence-corrected chi connectivity index (χ3v) is 5.39. The minimum absolute atomic E-state index is 0. The number of carbonyl (C=O) groups excluding carboxylic acids is 2. The summed E-state index contributed by atoms with van der Waals surface area (Å²) in [6.07, 6.45) is -0.511. The van der Waals surface area contributed by atoms with E-state index in [1.807, 2.05) is 19.1 Å². The van der Waals surface area contributed by atoms with Crippen LogP contribution in [0, 0.1) is 6.92 Å². The van der Waals surface area contributed by atoms with Gasteiger partial charge in [0.2, 0.25) is 0 Å². The van der Waals surface area contributed by atoms with E-state index in [1.165, 1.54) is 18.4 Å². The molecular formula is C20H28IN5O4S. The molecule has 0 aliphatic carbocycles. The van der Waals surface area contributed by atoms with Crippen molar-refractivity contribution in [2.75, 3.05) is 26.1 Å². The molecule has 1 aromatic heterocycles. The SMILES string of the molecule is CCOC(=O)c1sc(C(C)NC(=NC)NCc2ccc(NC(=O)OC)cc2)nc1C.I. The number of amides is 1. The summed E-state index contributed by atoms with van der Waals surface area (Å²) in [5.41, 5.74) is 2.32. The smallest absolute Gasteiger partial charge is 0.411 e. The van der Waals surface area contributed by atoms with E-state index in [0.717, 1.165) is 10.6 Å². The van der Waals surface area contributed by atoms with Crippen LogP contribution >= 0.6 is 35.3 Å². The number of benzene rings is 1. The lowest BCUT2D eigenvalue weighted by molar-refractivity contribution is 0.0531. The van der Waals surface area contributed by atoms with Gasteiger partial charge in [0.1, 0.15) is 9.88 Å². The Bertz CT molecular complexity index is 901. The number of aryl methyl sites for hydroxylation is 1. The number of aromatic nitrogens is 1. The standard InChI is InChI=1S/C20H27N5O4S.HI/c1-6-29-18(26)16-12(2)23-17(30-16)13(3)24-19(21-4)22-11-14-7-9-15(10-8-14)25-20(27)28-5;/h7-10,13H,6,11H2,1-5H3,(H,25,27)(H2,21,22,24);1H. The molecule has 0 aliphatic rings. The quantitative estimate of drug-likeness (QED) is 0.204. The highest BCUT2D eigenvalue weighted by atomic mass is 127. The van der Waals surface area contributed by atoms with Gasteiger partial charge in [0.15, 0.2) is 5.96 Å². The van der Waals surface area contributed by atoms with Crippen LogP contribution < -0.4 is 16.0 Å². The minimum Gasteiger partial charge on any atom is -0.462 e.